The fourth-order valence-electron chi connectivity index (χ4n) is 1.68. The van der Waals surface area contributed by atoms with Crippen molar-refractivity contribution in [2.75, 3.05) is 7.11 Å². The second-order valence-electron chi connectivity index (χ2n) is 3.99. The van der Waals surface area contributed by atoms with Crippen LogP contribution in [0.2, 0.25) is 0 Å². The molecule has 2 rings (SSSR count). The van der Waals surface area contributed by atoms with Crippen molar-refractivity contribution >= 4 is 5.97 Å². The molecule has 0 N–H and O–H groups in total. The largest absolute Gasteiger partial charge is 0.475 e. The summed E-state index contributed by atoms with van der Waals surface area (Å²) in [6, 6.07) is 9.68. The van der Waals surface area contributed by atoms with Gasteiger partial charge in [-0.25, -0.2) is 9.48 Å². The van der Waals surface area contributed by atoms with E-state index < -0.39 is 6.10 Å². The summed E-state index contributed by atoms with van der Waals surface area (Å²) < 4.78 is 11.9. The zero-order chi connectivity index (χ0) is 13.7. The first-order valence-corrected chi connectivity index (χ1v) is 6.09. The number of rotatable bonds is 5. The Labute approximate surface area is 111 Å². The lowest BCUT2D eigenvalue weighted by Gasteiger charge is -2.13. The monoisotopic (exact) mass is 260 g/mol. The van der Waals surface area contributed by atoms with Crippen molar-refractivity contribution in [3.8, 4) is 11.4 Å². The molecule has 5 heteroatoms. The molecule has 2 aromatic rings. The molecule has 0 aliphatic carbocycles. The molecule has 1 unspecified atom stereocenters. The summed E-state index contributed by atoms with van der Waals surface area (Å²) in [7, 11) is 1.35. The van der Waals surface area contributed by atoms with E-state index in [-0.39, 0.29) is 5.97 Å². The Bertz CT molecular complexity index is 537. The average molecular weight is 260 g/mol. The summed E-state index contributed by atoms with van der Waals surface area (Å²) in [4.78, 5) is 11.4. The summed E-state index contributed by atoms with van der Waals surface area (Å²) in [5, 5.41) is 4.20. The Morgan fingerprint density at radius 3 is 2.74 bits per heavy atom. The van der Waals surface area contributed by atoms with Crippen LogP contribution in [0.3, 0.4) is 0 Å². The molecule has 1 aromatic heterocycles. The molecule has 0 spiro atoms. The van der Waals surface area contributed by atoms with Gasteiger partial charge in [0.05, 0.1) is 25.2 Å². The van der Waals surface area contributed by atoms with Crippen LogP contribution in [0.4, 0.5) is 0 Å². The van der Waals surface area contributed by atoms with Gasteiger partial charge >= 0.3 is 5.97 Å². The van der Waals surface area contributed by atoms with Gasteiger partial charge in [0.1, 0.15) is 0 Å². The lowest BCUT2D eigenvalue weighted by Crippen LogP contribution is -2.27. The normalized spacial score (nSPS) is 11.9. The molecule has 0 saturated heterocycles. The molecule has 0 aliphatic rings. The van der Waals surface area contributed by atoms with E-state index in [1.165, 1.54) is 7.11 Å². The molecular weight excluding hydrogens is 244 g/mol. The number of para-hydroxylation sites is 1. The van der Waals surface area contributed by atoms with Gasteiger partial charge in [-0.05, 0) is 18.6 Å². The van der Waals surface area contributed by atoms with Crippen LogP contribution >= 0.6 is 0 Å². The molecule has 0 aliphatic heterocycles. The molecule has 0 saturated carbocycles. The van der Waals surface area contributed by atoms with Gasteiger partial charge in [0.25, 0.3) is 0 Å². The smallest absolute Gasteiger partial charge is 0.347 e. The van der Waals surface area contributed by atoms with E-state index in [4.69, 9.17) is 4.74 Å². The first kappa shape index (κ1) is 13.1. The van der Waals surface area contributed by atoms with Crippen molar-refractivity contribution in [3.05, 3.63) is 42.7 Å². The summed E-state index contributed by atoms with van der Waals surface area (Å²) in [5.74, 6) is 0.163. The third kappa shape index (κ3) is 3.13. The van der Waals surface area contributed by atoms with E-state index in [0.29, 0.717) is 12.2 Å². The van der Waals surface area contributed by atoms with Gasteiger partial charge in [-0.2, -0.15) is 5.10 Å². The Morgan fingerprint density at radius 1 is 1.37 bits per heavy atom. The van der Waals surface area contributed by atoms with E-state index in [9.17, 15) is 4.79 Å². The van der Waals surface area contributed by atoms with Crippen LogP contribution in [0.25, 0.3) is 5.69 Å². The van der Waals surface area contributed by atoms with Gasteiger partial charge in [-0.1, -0.05) is 25.1 Å². The highest BCUT2D eigenvalue weighted by atomic mass is 16.6. The number of carbonyl (C=O) groups is 1. The number of carbonyl (C=O) groups excluding carboxylic acids is 1. The molecule has 19 heavy (non-hydrogen) atoms. The van der Waals surface area contributed by atoms with E-state index in [1.54, 1.807) is 17.1 Å². The number of nitrogens with zero attached hydrogens (tertiary/aromatic N) is 2. The zero-order valence-electron chi connectivity index (χ0n) is 10.9. The van der Waals surface area contributed by atoms with E-state index >= 15 is 0 Å². The molecule has 0 bridgehead atoms. The molecule has 0 radical (unpaired) electrons. The minimum atomic E-state index is -0.599. The third-order valence-corrected chi connectivity index (χ3v) is 2.69. The van der Waals surface area contributed by atoms with Crippen LogP contribution in [0.5, 0.6) is 5.75 Å². The van der Waals surface area contributed by atoms with Crippen LogP contribution in [-0.2, 0) is 9.53 Å². The lowest BCUT2D eigenvalue weighted by atomic mass is 10.3. The maximum atomic E-state index is 11.4. The number of esters is 1. The predicted molar refractivity (Wildman–Crippen MR) is 70.3 cm³/mol. The highest BCUT2D eigenvalue weighted by Crippen LogP contribution is 2.16. The summed E-state index contributed by atoms with van der Waals surface area (Å²) in [6.07, 6.45) is 3.27. The van der Waals surface area contributed by atoms with Crippen molar-refractivity contribution in [1.82, 2.24) is 9.78 Å². The summed E-state index contributed by atoms with van der Waals surface area (Å²) >= 11 is 0. The molecule has 1 heterocycles. The lowest BCUT2D eigenvalue weighted by molar-refractivity contribution is -0.148. The van der Waals surface area contributed by atoms with Gasteiger partial charge < -0.3 is 9.47 Å². The number of aromatic nitrogens is 2. The summed E-state index contributed by atoms with van der Waals surface area (Å²) in [5.41, 5.74) is 0.934. The average Bonchev–Trinajstić information content (AvgIpc) is 2.93. The van der Waals surface area contributed by atoms with Crippen molar-refractivity contribution in [3.63, 3.8) is 0 Å². The maximum absolute atomic E-state index is 11.4. The molecular formula is C14H16N2O3. The van der Waals surface area contributed by atoms with Gasteiger partial charge in [0.15, 0.2) is 11.9 Å². The maximum Gasteiger partial charge on any atom is 0.347 e. The van der Waals surface area contributed by atoms with Crippen LogP contribution in [-0.4, -0.2) is 29.0 Å². The Hall–Kier alpha value is -2.30. The Kier molecular flexibility index (Phi) is 4.18. The van der Waals surface area contributed by atoms with Crippen LogP contribution < -0.4 is 4.74 Å². The van der Waals surface area contributed by atoms with Gasteiger partial charge in [-0.3, -0.25) is 0 Å². The van der Waals surface area contributed by atoms with E-state index in [2.05, 4.69) is 9.84 Å². The number of hydrogen-bond acceptors (Lipinski definition) is 4. The molecule has 1 atom stereocenters. The van der Waals surface area contributed by atoms with Crippen molar-refractivity contribution in [2.45, 2.75) is 19.4 Å². The fraction of sp³-hybridized carbons (Fsp3) is 0.286. The first-order valence-electron chi connectivity index (χ1n) is 6.09. The highest BCUT2D eigenvalue weighted by molar-refractivity contribution is 5.74. The number of hydrogen-bond donors (Lipinski definition) is 0. The third-order valence-electron chi connectivity index (χ3n) is 2.69. The molecule has 0 fully saturated rings. The Balaban J connectivity index is 2.11. The zero-order valence-corrected chi connectivity index (χ0v) is 10.9. The van der Waals surface area contributed by atoms with Gasteiger partial charge in [0.2, 0.25) is 0 Å². The minimum Gasteiger partial charge on any atom is -0.475 e. The fourth-order valence-corrected chi connectivity index (χ4v) is 1.68. The quantitative estimate of drug-likeness (QED) is 0.773. The molecule has 100 valence electrons. The molecule has 5 nitrogen and oxygen atoms in total. The van der Waals surface area contributed by atoms with Crippen molar-refractivity contribution < 1.29 is 14.3 Å². The standard InChI is InChI=1S/C14H16N2O3/c1-3-13(14(17)18-2)19-12-9-15-16(10-12)11-7-5-4-6-8-11/h4-10,13H,3H2,1-2H3. The number of methoxy groups -OCH3 is 1. The first-order chi connectivity index (χ1) is 9.24. The molecule has 0 amide bonds. The second kappa shape index (κ2) is 6.04. The Morgan fingerprint density at radius 2 is 2.11 bits per heavy atom. The number of benzene rings is 1. The molecule has 1 aromatic carbocycles. The second-order valence-corrected chi connectivity index (χ2v) is 3.99. The predicted octanol–water partition coefficient (Wildman–Crippen LogP) is 2.20. The van der Waals surface area contributed by atoms with Crippen LogP contribution in [0.1, 0.15) is 13.3 Å². The van der Waals surface area contributed by atoms with E-state index in [1.807, 2.05) is 37.3 Å². The van der Waals surface area contributed by atoms with Gasteiger partial charge in [-0.15, -0.1) is 0 Å². The topological polar surface area (TPSA) is 53.4 Å². The van der Waals surface area contributed by atoms with Crippen LogP contribution in [0.15, 0.2) is 42.7 Å². The number of ether oxygens (including phenoxy) is 2. The minimum absolute atomic E-state index is 0.380. The van der Waals surface area contributed by atoms with Crippen molar-refractivity contribution in [2.24, 2.45) is 0 Å². The van der Waals surface area contributed by atoms with E-state index in [0.717, 1.165) is 5.69 Å². The van der Waals surface area contributed by atoms with Crippen LogP contribution in [0, 0.1) is 0 Å². The summed E-state index contributed by atoms with van der Waals surface area (Å²) in [6.45, 7) is 1.86. The highest BCUT2D eigenvalue weighted by Gasteiger charge is 2.19. The van der Waals surface area contributed by atoms with Gasteiger partial charge in [0, 0.05) is 0 Å². The van der Waals surface area contributed by atoms with Crippen molar-refractivity contribution in [1.29, 1.82) is 0 Å². The SMILES string of the molecule is CCC(Oc1cnn(-c2ccccc2)c1)C(=O)OC.